The second-order valence-corrected chi connectivity index (χ2v) is 5.18. The maximum atomic E-state index is 14.0. The third-order valence-corrected chi connectivity index (χ3v) is 3.64. The van der Waals surface area contributed by atoms with E-state index in [1.807, 2.05) is 30.3 Å². The van der Waals surface area contributed by atoms with Crippen LogP contribution in [-0.2, 0) is 0 Å². The fourth-order valence-corrected chi connectivity index (χ4v) is 2.40. The highest BCUT2D eigenvalue weighted by Gasteiger charge is 2.19. The van der Waals surface area contributed by atoms with Crippen molar-refractivity contribution in [2.45, 2.75) is 6.92 Å². The standard InChI is InChI=1S/C17H12FN5O/c1-11-15(20-22-23(11)14-10-6-5-9-13(14)18)17-19-16(21-24-17)12-7-3-2-4-8-12/h2-10H,1H3. The van der Waals surface area contributed by atoms with Crippen molar-refractivity contribution < 1.29 is 8.91 Å². The third kappa shape index (κ3) is 2.36. The van der Waals surface area contributed by atoms with Crippen molar-refractivity contribution in [2.24, 2.45) is 0 Å². The molecule has 0 bridgehead atoms. The lowest BCUT2D eigenvalue weighted by atomic mass is 10.2. The molecule has 118 valence electrons. The number of rotatable bonds is 3. The van der Waals surface area contributed by atoms with Crippen LogP contribution in [0.5, 0.6) is 0 Å². The van der Waals surface area contributed by atoms with E-state index in [-0.39, 0.29) is 11.7 Å². The minimum Gasteiger partial charge on any atom is -0.332 e. The first-order valence-corrected chi connectivity index (χ1v) is 7.31. The molecule has 0 saturated heterocycles. The van der Waals surface area contributed by atoms with E-state index in [1.165, 1.54) is 10.7 Å². The number of para-hydroxylation sites is 1. The number of halogens is 1. The summed E-state index contributed by atoms with van der Waals surface area (Å²) in [5, 5.41) is 12.0. The molecule has 24 heavy (non-hydrogen) atoms. The maximum absolute atomic E-state index is 14.0. The van der Waals surface area contributed by atoms with Gasteiger partial charge < -0.3 is 4.52 Å². The fourth-order valence-electron chi connectivity index (χ4n) is 2.40. The smallest absolute Gasteiger partial charge is 0.280 e. The number of nitrogens with zero attached hydrogens (tertiary/aromatic N) is 5. The first-order valence-electron chi connectivity index (χ1n) is 7.31. The van der Waals surface area contributed by atoms with Crippen molar-refractivity contribution in [1.29, 1.82) is 0 Å². The molecule has 2 aromatic carbocycles. The first kappa shape index (κ1) is 14.3. The number of hydrogen-bond donors (Lipinski definition) is 0. The molecule has 0 aliphatic heterocycles. The summed E-state index contributed by atoms with van der Waals surface area (Å²) in [6.45, 7) is 1.77. The van der Waals surface area contributed by atoms with Crippen LogP contribution in [0.3, 0.4) is 0 Å². The molecular weight excluding hydrogens is 309 g/mol. The predicted octanol–water partition coefficient (Wildman–Crippen LogP) is 3.43. The average Bonchev–Trinajstić information content (AvgIpc) is 3.23. The summed E-state index contributed by atoms with van der Waals surface area (Å²) < 4.78 is 20.7. The fraction of sp³-hybridized carbons (Fsp3) is 0.0588. The van der Waals surface area contributed by atoms with Gasteiger partial charge in [-0.25, -0.2) is 9.07 Å². The van der Waals surface area contributed by atoms with Crippen LogP contribution in [0.4, 0.5) is 4.39 Å². The van der Waals surface area contributed by atoms with Crippen LogP contribution in [0, 0.1) is 12.7 Å². The topological polar surface area (TPSA) is 69.6 Å². The number of benzene rings is 2. The molecule has 4 rings (SSSR count). The molecule has 7 heteroatoms. The Morgan fingerprint density at radius 3 is 2.54 bits per heavy atom. The maximum Gasteiger partial charge on any atom is 0.280 e. The van der Waals surface area contributed by atoms with Gasteiger partial charge in [-0.3, -0.25) is 0 Å². The summed E-state index contributed by atoms with van der Waals surface area (Å²) in [4.78, 5) is 4.35. The zero-order chi connectivity index (χ0) is 16.5. The molecule has 0 saturated carbocycles. The van der Waals surface area contributed by atoms with Gasteiger partial charge >= 0.3 is 0 Å². The van der Waals surface area contributed by atoms with Crippen LogP contribution < -0.4 is 0 Å². The summed E-state index contributed by atoms with van der Waals surface area (Å²) in [5.74, 6) is 0.326. The molecule has 6 nitrogen and oxygen atoms in total. The Morgan fingerprint density at radius 1 is 1.00 bits per heavy atom. The second-order valence-electron chi connectivity index (χ2n) is 5.18. The zero-order valence-electron chi connectivity index (χ0n) is 12.7. The van der Waals surface area contributed by atoms with E-state index in [2.05, 4.69) is 20.5 Å². The van der Waals surface area contributed by atoms with Gasteiger partial charge in [-0.05, 0) is 19.1 Å². The van der Waals surface area contributed by atoms with Gasteiger partial charge in [-0.15, -0.1) is 5.10 Å². The van der Waals surface area contributed by atoms with Gasteiger partial charge in [0.05, 0.1) is 5.69 Å². The van der Waals surface area contributed by atoms with E-state index >= 15 is 0 Å². The van der Waals surface area contributed by atoms with Crippen molar-refractivity contribution in [1.82, 2.24) is 25.1 Å². The zero-order valence-corrected chi connectivity index (χ0v) is 12.7. The summed E-state index contributed by atoms with van der Waals surface area (Å²) in [7, 11) is 0. The Labute approximate surface area is 136 Å². The largest absolute Gasteiger partial charge is 0.332 e. The summed E-state index contributed by atoms with van der Waals surface area (Å²) in [6, 6.07) is 15.8. The lowest BCUT2D eigenvalue weighted by molar-refractivity contribution is 0.430. The van der Waals surface area contributed by atoms with Crippen LogP contribution in [-0.4, -0.2) is 25.1 Å². The van der Waals surface area contributed by atoms with E-state index in [4.69, 9.17) is 4.52 Å². The van der Waals surface area contributed by atoms with Crippen molar-refractivity contribution in [3.05, 3.63) is 66.1 Å². The van der Waals surface area contributed by atoms with Crippen molar-refractivity contribution in [2.75, 3.05) is 0 Å². The quantitative estimate of drug-likeness (QED) is 0.578. The predicted molar refractivity (Wildman–Crippen MR) is 84.8 cm³/mol. The number of aromatic nitrogens is 5. The average molecular weight is 321 g/mol. The van der Waals surface area contributed by atoms with Gasteiger partial charge in [0.15, 0.2) is 5.69 Å². The summed E-state index contributed by atoms with van der Waals surface area (Å²) in [6.07, 6.45) is 0. The molecule has 4 aromatic rings. The van der Waals surface area contributed by atoms with E-state index in [0.29, 0.717) is 22.9 Å². The molecule has 0 radical (unpaired) electrons. The van der Waals surface area contributed by atoms with E-state index in [9.17, 15) is 4.39 Å². The highest BCUT2D eigenvalue weighted by atomic mass is 19.1. The molecule has 0 atom stereocenters. The minimum absolute atomic E-state index is 0.244. The van der Waals surface area contributed by atoms with Crippen LogP contribution >= 0.6 is 0 Å². The molecule has 0 aliphatic carbocycles. The van der Waals surface area contributed by atoms with Gasteiger partial charge in [-0.2, -0.15) is 4.98 Å². The van der Waals surface area contributed by atoms with Crippen LogP contribution in [0.15, 0.2) is 59.1 Å². The third-order valence-electron chi connectivity index (χ3n) is 3.64. The lowest BCUT2D eigenvalue weighted by Gasteiger charge is -2.03. The Morgan fingerprint density at radius 2 is 1.75 bits per heavy atom. The van der Waals surface area contributed by atoms with E-state index in [0.717, 1.165) is 5.56 Å². The van der Waals surface area contributed by atoms with E-state index in [1.54, 1.807) is 25.1 Å². The summed E-state index contributed by atoms with van der Waals surface area (Å²) >= 11 is 0. The molecule has 0 spiro atoms. The SMILES string of the molecule is Cc1c(-c2nc(-c3ccccc3)no2)nnn1-c1ccccc1F. The normalized spacial score (nSPS) is 10.9. The van der Waals surface area contributed by atoms with Crippen molar-refractivity contribution in [3.8, 4) is 28.7 Å². The van der Waals surface area contributed by atoms with Gasteiger partial charge in [0, 0.05) is 5.56 Å². The Hall–Kier alpha value is -3.35. The molecule has 0 unspecified atom stereocenters. The highest BCUT2D eigenvalue weighted by molar-refractivity contribution is 5.58. The minimum atomic E-state index is -0.382. The Balaban J connectivity index is 1.74. The Kier molecular flexibility index (Phi) is 3.38. The van der Waals surface area contributed by atoms with E-state index < -0.39 is 0 Å². The van der Waals surface area contributed by atoms with Crippen LogP contribution in [0.25, 0.3) is 28.7 Å². The first-order chi connectivity index (χ1) is 11.7. The van der Waals surface area contributed by atoms with Gasteiger partial charge in [0.1, 0.15) is 11.5 Å². The van der Waals surface area contributed by atoms with Crippen molar-refractivity contribution >= 4 is 0 Å². The Bertz CT molecular complexity index is 993. The monoisotopic (exact) mass is 321 g/mol. The molecule has 2 aromatic heterocycles. The van der Waals surface area contributed by atoms with Gasteiger partial charge in [0.25, 0.3) is 5.89 Å². The molecule has 2 heterocycles. The summed E-state index contributed by atoms with van der Waals surface area (Å²) in [5.41, 5.74) is 2.19. The van der Waals surface area contributed by atoms with Crippen LogP contribution in [0.1, 0.15) is 5.69 Å². The lowest BCUT2D eigenvalue weighted by Crippen LogP contribution is -2.01. The van der Waals surface area contributed by atoms with Crippen LogP contribution in [0.2, 0.25) is 0 Å². The molecular formula is C17H12FN5O. The molecule has 0 fully saturated rings. The molecule has 0 aliphatic rings. The number of hydrogen-bond acceptors (Lipinski definition) is 5. The molecule has 0 amide bonds. The second kappa shape index (κ2) is 5.69. The van der Waals surface area contributed by atoms with Gasteiger partial charge in [0.2, 0.25) is 5.82 Å². The molecule has 0 N–H and O–H groups in total. The highest BCUT2D eigenvalue weighted by Crippen LogP contribution is 2.24. The van der Waals surface area contributed by atoms with Crippen molar-refractivity contribution in [3.63, 3.8) is 0 Å². The van der Waals surface area contributed by atoms with Gasteiger partial charge in [-0.1, -0.05) is 52.8 Å².